The van der Waals surface area contributed by atoms with Gasteiger partial charge in [0.2, 0.25) is 0 Å². The van der Waals surface area contributed by atoms with Gasteiger partial charge >= 0.3 is 0 Å². The zero-order chi connectivity index (χ0) is 18.0. The zero-order valence-electron chi connectivity index (χ0n) is 14.2. The summed E-state index contributed by atoms with van der Waals surface area (Å²) >= 11 is 3.42. The number of amides is 1. The Morgan fingerprint density at radius 2 is 2.04 bits per heavy atom. The molecule has 3 heterocycles. The molecule has 0 spiro atoms. The van der Waals surface area contributed by atoms with Crippen LogP contribution in [0, 0.1) is 0 Å². The second kappa shape index (κ2) is 7.49. The molecule has 1 atom stereocenters. The Morgan fingerprint density at radius 3 is 2.68 bits per heavy atom. The fourth-order valence-corrected chi connectivity index (χ4v) is 3.46. The van der Waals surface area contributed by atoms with Crippen LogP contribution in [-0.2, 0) is 11.8 Å². The molecule has 7 heteroatoms. The van der Waals surface area contributed by atoms with Gasteiger partial charge in [0, 0.05) is 54.2 Å². The first kappa shape index (κ1) is 17.8. The van der Waals surface area contributed by atoms with Gasteiger partial charge in [0.25, 0.3) is 11.5 Å². The Morgan fingerprint density at radius 1 is 1.32 bits per heavy atom. The maximum Gasteiger partial charge on any atom is 0.255 e. The van der Waals surface area contributed by atoms with Gasteiger partial charge in [-0.15, -0.1) is 0 Å². The van der Waals surface area contributed by atoms with Gasteiger partial charge < -0.3 is 14.2 Å². The summed E-state index contributed by atoms with van der Waals surface area (Å²) in [6, 6.07) is 5.42. The molecule has 6 nitrogen and oxygen atoms in total. The molecule has 2 aromatic heterocycles. The Balaban J connectivity index is 1.82. The van der Waals surface area contributed by atoms with Gasteiger partial charge in [-0.25, -0.2) is 0 Å². The van der Waals surface area contributed by atoms with Crippen molar-refractivity contribution in [3.63, 3.8) is 0 Å². The van der Waals surface area contributed by atoms with E-state index < -0.39 is 0 Å². The van der Waals surface area contributed by atoms with E-state index in [9.17, 15) is 9.59 Å². The molecule has 0 bridgehead atoms. The molecule has 3 rings (SSSR count). The quantitative estimate of drug-likeness (QED) is 0.784. The molecule has 132 valence electrons. The summed E-state index contributed by atoms with van der Waals surface area (Å²) in [4.78, 5) is 31.0. The van der Waals surface area contributed by atoms with Crippen molar-refractivity contribution in [1.29, 1.82) is 0 Å². The third-order valence-electron chi connectivity index (χ3n) is 4.42. The predicted molar refractivity (Wildman–Crippen MR) is 97.9 cm³/mol. The van der Waals surface area contributed by atoms with Crippen LogP contribution in [-0.4, -0.2) is 46.7 Å². The van der Waals surface area contributed by atoms with Gasteiger partial charge in [-0.2, -0.15) is 0 Å². The lowest BCUT2D eigenvalue weighted by atomic mass is 9.98. The maximum atomic E-state index is 12.5. The highest BCUT2D eigenvalue weighted by atomic mass is 79.9. The van der Waals surface area contributed by atoms with E-state index in [1.807, 2.05) is 19.1 Å². The number of carbonyl (C=O) groups is 1. The van der Waals surface area contributed by atoms with Crippen molar-refractivity contribution in [2.24, 2.45) is 7.05 Å². The Bertz CT molecular complexity index is 826. The van der Waals surface area contributed by atoms with Crippen molar-refractivity contribution in [1.82, 2.24) is 14.5 Å². The van der Waals surface area contributed by atoms with Gasteiger partial charge in [0.1, 0.15) is 0 Å². The number of morpholine rings is 1. The zero-order valence-corrected chi connectivity index (χ0v) is 15.8. The second-order valence-corrected chi connectivity index (χ2v) is 7.04. The van der Waals surface area contributed by atoms with Crippen molar-refractivity contribution in [3.8, 4) is 0 Å². The number of rotatable bonds is 3. The van der Waals surface area contributed by atoms with E-state index in [4.69, 9.17) is 4.74 Å². The van der Waals surface area contributed by atoms with Crippen LogP contribution in [0.4, 0.5) is 0 Å². The van der Waals surface area contributed by atoms with Crippen molar-refractivity contribution in [3.05, 3.63) is 62.2 Å². The van der Waals surface area contributed by atoms with Crippen molar-refractivity contribution in [2.45, 2.75) is 12.8 Å². The van der Waals surface area contributed by atoms with Crippen LogP contribution in [0.25, 0.3) is 0 Å². The lowest BCUT2D eigenvalue weighted by Gasteiger charge is -2.26. The summed E-state index contributed by atoms with van der Waals surface area (Å²) in [5.41, 5.74) is 1.93. The molecule has 0 aromatic carbocycles. The van der Waals surface area contributed by atoms with Crippen LogP contribution >= 0.6 is 15.9 Å². The topological polar surface area (TPSA) is 64.4 Å². The molecule has 1 fully saturated rings. The summed E-state index contributed by atoms with van der Waals surface area (Å²) in [5.74, 6) is -0.197. The number of carbonyl (C=O) groups excluding carboxylic acids is 1. The summed E-state index contributed by atoms with van der Waals surface area (Å²) in [7, 11) is 1.72. The van der Waals surface area contributed by atoms with Crippen molar-refractivity contribution in [2.75, 3.05) is 26.3 Å². The summed E-state index contributed by atoms with van der Waals surface area (Å²) < 4.78 is 7.66. The highest BCUT2D eigenvalue weighted by Crippen LogP contribution is 2.22. The first-order valence-electron chi connectivity index (χ1n) is 8.16. The molecular weight excluding hydrogens is 386 g/mol. The lowest BCUT2D eigenvalue weighted by Crippen LogP contribution is -2.40. The van der Waals surface area contributed by atoms with Gasteiger partial charge in [0.05, 0.1) is 18.8 Å². The minimum absolute atomic E-state index is 0.0339. The van der Waals surface area contributed by atoms with E-state index in [1.54, 1.807) is 35.0 Å². The van der Waals surface area contributed by atoms with Crippen molar-refractivity contribution >= 4 is 21.8 Å². The van der Waals surface area contributed by atoms with Crippen LogP contribution in [0.2, 0.25) is 0 Å². The molecule has 0 saturated carbocycles. The third-order valence-corrected chi connectivity index (χ3v) is 4.85. The van der Waals surface area contributed by atoms with E-state index in [0.29, 0.717) is 37.4 Å². The summed E-state index contributed by atoms with van der Waals surface area (Å²) in [6.07, 6.45) is 3.32. The van der Waals surface area contributed by atoms with E-state index >= 15 is 0 Å². The van der Waals surface area contributed by atoms with Gasteiger partial charge in [-0.3, -0.25) is 14.6 Å². The van der Waals surface area contributed by atoms with E-state index in [1.165, 1.54) is 0 Å². The molecule has 1 aliphatic rings. The average Bonchev–Trinajstić information content (AvgIpc) is 2.64. The molecule has 1 saturated heterocycles. The SMILES string of the molecule is CC(c1ccc(C(=O)N2CCOCC2)cn1)c1cc(Br)cn(C)c1=O. The largest absolute Gasteiger partial charge is 0.378 e. The highest BCUT2D eigenvalue weighted by Gasteiger charge is 2.20. The Kier molecular flexibility index (Phi) is 5.34. The van der Waals surface area contributed by atoms with Crippen LogP contribution in [0.1, 0.15) is 34.5 Å². The first-order valence-corrected chi connectivity index (χ1v) is 8.95. The average molecular weight is 406 g/mol. The molecule has 0 aliphatic carbocycles. The molecule has 0 radical (unpaired) electrons. The number of halogens is 1. The number of aromatic nitrogens is 2. The van der Waals surface area contributed by atoms with Crippen LogP contribution in [0.5, 0.6) is 0 Å². The molecule has 0 N–H and O–H groups in total. The minimum atomic E-state index is -0.163. The van der Waals surface area contributed by atoms with Gasteiger partial charge in [0.15, 0.2) is 0 Å². The van der Waals surface area contributed by atoms with Gasteiger partial charge in [-0.1, -0.05) is 6.92 Å². The highest BCUT2D eigenvalue weighted by molar-refractivity contribution is 9.10. The fraction of sp³-hybridized carbons (Fsp3) is 0.389. The van der Waals surface area contributed by atoms with Gasteiger partial charge in [-0.05, 0) is 34.1 Å². The third kappa shape index (κ3) is 3.82. The monoisotopic (exact) mass is 405 g/mol. The molecule has 25 heavy (non-hydrogen) atoms. The second-order valence-electron chi connectivity index (χ2n) is 6.13. The Labute approximate surface area is 154 Å². The number of aryl methyl sites for hydroxylation is 1. The van der Waals surface area contributed by atoms with E-state index in [0.717, 1.165) is 10.2 Å². The minimum Gasteiger partial charge on any atom is -0.378 e. The van der Waals surface area contributed by atoms with Crippen molar-refractivity contribution < 1.29 is 9.53 Å². The summed E-state index contributed by atoms with van der Waals surface area (Å²) in [5, 5.41) is 0. The van der Waals surface area contributed by atoms with E-state index in [2.05, 4.69) is 20.9 Å². The van der Waals surface area contributed by atoms with Crippen LogP contribution < -0.4 is 5.56 Å². The van der Waals surface area contributed by atoms with Crippen LogP contribution in [0.3, 0.4) is 0 Å². The van der Waals surface area contributed by atoms with Crippen LogP contribution in [0.15, 0.2) is 39.9 Å². The molecular formula is C18H20BrN3O3. The normalized spacial score (nSPS) is 15.9. The predicted octanol–water partition coefficient (Wildman–Crippen LogP) is 2.17. The smallest absolute Gasteiger partial charge is 0.255 e. The molecule has 2 aromatic rings. The number of hydrogen-bond donors (Lipinski definition) is 0. The molecule has 1 unspecified atom stereocenters. The summed E-state index contributed by atoms with van der Waals surface area (Å²) in [6.45, 7) is 4.28. The molecule has 1 amide bonds. The van der Waals surface area contributed by atoms with E-state index in [-0.39, 0.29) is 17.4 Å². The molecule has 1 aliphatic heterocycles. The standard InChI is InChI=1S/C18H20BrN3O3/c1-12(15-9-14(19)11-21(2)18(15)24)16-4-3-13(10-20-16)17(23)22-5-7-25-8-6-22/h3-4,9-12H,5-8H2,1-2H3. The number of nitrogens with zero attached hydrogens (tertiary/aromatic N) is 3. The fourth-order valence-electron chi connectivity index (χ4n) is 2.90. The number of ether oxygens (including phenoxy) is 1. The lowest BCUT2D eigenvalue weighted by molar-refractivity contribution is 0.0302. The number of pyridine rings is 2. The maximum absolute atomic E-state index is 12.5. The Hall–Kier alpha value is -1.99. The number of hydrogen-bond acceptors (Lipinski definition) is 4. The first-order chi connectivity index (χ1) is 12.0.